The Hall–Kier alpha value is -1.97. The topological polar surface area (TPSA) is 62.1 Å². The summed E-state index contributed by atoms with van der Waals surface area (Å²) in [4.78, 5) is 17.5. The van der Waals surface area contributed by atoms with Gasteiger partial charge in [0.2, 0.25) is 0 Å². The zero-order chi connectivity index (χ0) is 13.4. The molecule has 4 heteroatoms. The Morgan fingerprint density at radius 1 is 1.37 bits per heavy atom. The van der Waals surface area contributed by atoms with E-state index in [0.29, 0.717) is 11.4 Å². The number of piperidine rings is 1. The SMILES string of the molecule is CC1CCN(C(=O)c2cc3cccc(N)c3[nH]2)CC1. The second-order valence-corrected chi connectivity index (χ2v) is 5.47. The molecule has 1 aromatic carbocycles. The molecule has 0 unspecified atom stereocenters. The molecular formula is C15H19N3O. The number of carbonyl (C=O) groups excluding carboxylic acids is 1. The van der Waals surface area contributed by atoms with Gasteiger partial charge in [0.25, 0.3) is 5.91 Å². The van der Waals surface area contributed by atoms with Crippen LogP contribution in [0.5, 0.6) is 0 Å². The molecule has 0 radical (unpaired) electrons. The highest BCUT2D eigenvalue weighted by Gasteiger charge is 2.22. The predicted octanol–water partition coefficient (Wildman–Crippen LogP) is 2.62. The standard InChI is InChI=1S/C15H19N3O/c1-10-5-7-18(8-6-10)15(19)13-9-11-3-2-4-12(16)14(11)17-13/h2-4,9-10,17H,5-8,16H2,1H3. The van der Waals surface area contributed by atoms with Crippen LogP contribution >= 0.6 is 0 Å². The molecule has 2 heterocycles. The fraction of sp³-hybridized carbons (Fsp3) is 0.400. The number of aromatic amines is 1. The van der Waals surface area contributed by atoms with Gasteiger partial charge in [0.05, 0.1) is 11.2 Å². The normalized spacial score (nSPS) is 17.0. The number of rotatable bonds is 1. The lowest BCUT2D eigenvalue weighted by atomic mass is 9.99. The van der Waals surface area contributed by atoms with Crippen LogP contribution in [0.2, 0.25) is 0 Å². The molecule has 1 fully saturated rings. The number of para-hydroxylation sites is 1. The van der Waals surface area contributed by atoms with Gasteiger partial charge in [0.1, 0.15) is 5.69 Å². The van der Waals surface area contributed by atoms with Gasteiger partial charge in [0.15, 0.2) is 0 Å². The molecule has 0 spiro atoms. The number of likely N-dealkylation sites (tertiary alicyclic amines) is 1. The number of nitrogen functional groups attached to an aromatic ring is 1. The third kappa shape index (κ3) is 2.18. The van der Waals surface area contributed by atoms with Gasteiger partial charge in [-0.05, 0) is 30.9 Å². The monoisotopic (exact) mass is 257 g/mol. The molecule has 1 aromatic heterocycles. The first-order valence-electron chi connectivity index (χ1n) is 6.81. The van der Waals surface area contributed by atoms with Crippen LogP contribution in [0.3, 0.4) is 0 Å². The number of hydrogen-bond acceptors (Lipinski definition) is 2. The van der Waals surface area contributed by atoms with Crippen LogP contribution in [0.4, 0.5) is 5.69 Å². The van der Waals surface area contributed by atoms with Crippen molar-refractivity contribution >= 4 is 22.5 Å². The number of anilines is 1. The Morgan fingerprint density at radius 2 is 2.11 bits per heavy atom. The number of amides is 1. The maximum Gasteiger partial charge on any atom is 0.270 e. The lowest BCUT2D eigenvalue weighted by Gasteiger charge is -2.29. The van der Waals surface area contributed by atoms with E-state index >= 15 is 0 Å². The molecular weight excluding hydrogens is 238 g/mol. The Labute approximate surface area is 112 Å². The van der Waals surface area contributed by atoms with E-state index in [2.05, 4.69) is 11.9 Å². The lowest BCUT2D eigenvalue weighted by Crippen LogP contribution is -2.38. The Balaban J connectivity index is 1.87. The minimum absolute atomic E-state index is 0.0856. The molecule has 3 N–H and O–H groups in total. The van der Waals surface area contributed by atoms with Crippen molar-refractivity contribution in [3.05, 3.63) is 30.0 Å². The highest BCUT2D eigenvalue weighted by atomic mass is 16.2. The number of aromatic nitrogens is 1. The van der Waals surface area contributed by atoms with Crippen molar-refractivity contribution in [1.82, 2.24) is 9.88 Å². The lowest BCUT2D eigenvalue weighted by molar-refractivity contribution is 0.0692. The summed E-state index contributed by atoms with van der Waals surface area (Å²) in [6.07, 6.45) is 2.18. The first kappa shape index (κ1) is 12.1. The van der Waals surface area contributed by atoms with Gasteiger partial charge in [-0.15, -0.1) is 0 Å². The molecule has 19 heavy (non-hydrogen) atoms. The number of nitrogens with zero attached hydrogens (tertiary/aromatic N) is 1. The summed E-state index contributed by atoms with van der Waals surface area (Å²) >= 11 is 0. The number of H-pyrrole nitrogens is 1. The quantitative estimate of drug-likeness (QED) is 0.771. The van der Waals surface area contributed by atoms with E-state index in [1.807, 2.05) is 29.2 Å². The summed E-state index contributed by atoms with van der Waals surface area (Å²) in [5.74, 6) is 0.810. The van der Waals surface area contributed by atoms with Crippen LogP contribution in [0.15, 0.2) is 24.3 Å². The van der Waals surface area contributed by atoms with Gasteiger partial charge in [-0.1, -0.05) is 19.1 Å². The second-order valence-electron chi connectivity index (χ2n) is 5.47. The molecule has 0 aliphatic carbocycles. The molecule has 1 aliphatic heterocycles. The maximum atomic E-state index is 12.4. The zero-order valence-corrected chi connectivity index (χ0v) is 11.1. The van der Waals surface area contributed by atoms with E-state index in [9.17, 15) is 4.79 Å². The summed E-state index contributed by atoms with van der Waals surface area (Å²) in [6, 6.07) is 7.61. The highest BCUT2D eigenvalue weighted by Crippen LogP contribution is 2.23. The molecule has 4 nitrogen and oxygen atoms in total. The van der Waals surface area contributed by atoms with Crippen molar-refractivity contribution in [2.45, 2.75) is 19.8 Å². The molecule has 0 atom stereocenters. The van der Waals surface area contributed by atoms with E-state index in [1.54, 1.807) is 0 Å². The molecule has 3 rings (SSSR count). The van der Waals surface area contributed by atoms with E-state index < -0.39 is 0 Å². The maximum absolute atomic E-state index is 12.4. The molecule has 1 saturated heterocycles. The van der Waals surface area contributed by atoms with Gasteiger partial charge in [-0.2, -0.15) is 0 Å². The second kappa shape index (κ2) is 4.61. The third-order valence-electron chi connectivity index (χ3n) is 3.99. The minimum atomic E-state index is 0.0856. The van der Waals surface area contributed by atoms with Crippen molar-refractivity contribution < 1.29 is 4.79 Å². The van der Waals surface area contributed by atoms with Crippen molar-refractivity contribution in [1.29, 1.82) is 0 Å². The van der Waals surface area contributed by atoms with E-state index in [1.165, 1.54) is 0 Å². The fourth-order valence-corrected chi connectivity index (χ4v) is 2.68. The number of nitrogens with two attached hydrogens (primary N) is 1. The van der Waals surface area contributed by atoms with Crippen LogP contribution in [-0.4, -0.2) is 28.9 Å². The summed E-state index contributed by atoms with van der Waals surface area (Å²) in [5.41, 5.74) is 8.09. The average Bonchev–Trinajstić information content (AvgIpc) is 2.84. The molecule has 100 valence electrons. The van der Waals surface area contributed by atoms with Crippen molar-refractivity contribution in [2.75, 3.05) is 18.8 Å². The molecule has 0 bridgehead atoms. The fourth-order valence-electron chi connectivity index (χ4n) is 2.68. The van der Waals surface area contributed by atoms with Crippen LogP contribution < -0.4 is 5.73 Å². The molecule has 0 saturated carbocycles. The largest absolute Gasteiger partial charge is 0.397 e. The van der Waals surface area contributed by atoms with Crippen LogP contribution in [-0.2, 0) is 0 Å². The number of carbonyl (C=O) groups is 1. The average molecular weight is 257 g/mol. The molecule has 1 amide bonds. The Morgan fingerprint density at radius 3 is 2.79 bits per heavy atom. The van der Waals surface area contributed by atoms with Gasteiger partial charge in [-0.25, -0.2) is 0 Å². The van der Waals surface area contributed by atoms with Crippen LogP contribution in [0, 0.1) is 5.92 Å². The van der Waals surface area contributed by atoms with Gasteiger partial charge in [-0.3, -0.25) is 4.79 Å². The van der Waals surface area contributed by atoms with Crippen molar-refractivity contribution in [3.8, 4) is 0 Å². The highest BCUT2D eigenvalue weighted by molar-refractivity contribution is 6.00. The number of fused-ring (bicyclic) bond motifs is 1. The van der Waals surface area contributed by atoms with Gasteiger partial charge >= 0.3 is 0 Å². The van der Waals surface area contributed by atoms with Gasteiger partial charge in [0, 0.05) is 18.5 Å². The van der Waals surface area contributed by atoms with Crippen LogP contribution in [0.1, 0.15) is 30.3 Å². The first-order valence-corrected chi connectivity index (χ1v) is 6.81. The Kier molecular flexibility index (Phi) is 2.93. The Bertz CT molecular complexity index is 609. The van der Waals surface area contributed by atoms with Crippen molar-refractivity contribution in [3.63, 3.8) is 0 Å². The predicted molar refractivity (Wildman–Crippen MR) is 77.0 cm³/mol. The smallest absolute Gasteiger partial charge is 0.270 e. The minimum Gasteiger partial charge on any atom is -0.397 e. The number of hydrogen-bond donors (Lipinski definition) is 2. The van der Waals surface area contributed by atoms with E-state index in [0.717, 1.165) is 42.8 Å². The van der Waals surface area contributed by atoms with Crippen LogP contribution in [0.25, 0.3) is 10.9 Å². The summed E-state index contributed by atoms with van der Waals surface area (Å²) in [6.45, 7) is 3.95. The molecule has 1 aliphatic rings. The summed E-state index contributed by atoms with van der Waals surface area (Å²) in [5, 5.41) is 0.994. The summed E-state index contributed by atoms with van der Waals surface area (Å²) < 4.78 is 0. The number of nitrogens with one attached hydrogen (secondary N) is 1. The number of benzene rings is 1. The van der Waals surface area contributed by atoms with E-state index in [4.69, 9.17) is 5.73 Å². The third-order valence-corrected chi connectivity index (χ3v) is 3.99. The zero-order valence-electron chi connectivity index (χ0n) is 11.1. The molecule has 2 aromatic rings. The van der Waals surface area contributed by atoms with Gasteiger partial charge < -0.3 is 15.6 Å². The summed E-state index contributed by atoms with van der Waals surface area (Å²) in [7, 11) is 0. The van der Waals surface area contributed by atoms with E-state index in [-0.39, 0.29) is 5.91 Å². The van der Waals surface area contributed by atoms with Crippen molar-refractivity contribution in [2.24, 2.45) is 5.92 Å². The first-order chi connectivity index (χ1) is 9.15.